The summed E-state index contributed by atoms with van der Waals surface area (Å²) in [5.74, 6) is -0.312. The molecule has 0 aliphatic carbocycles. The molecule has 5 heteroatoms. The smallest absolute Gasteiger partial charge is 0.253 e. The van der Waals surface area contributed by atoms with Gasteiger partial charge in [0.05, 0.1) is 11.1 Å². The fourth-order valence-corrected chi connectivity index (χ4v) is 3.47. The second kappa shape index (κ2) is 8.10. The molecule has 1 aromatic heterocycles. The Kier molecular flexibility index (Phi) is 5.20. The van der Waals surface area contributed by atoms with Crippen molar-refractivity contribution >= 4 is 33.5 Å². The third-order valence-corrected chi connectivity index (χ3v) is 4.84. The van der Waals surface area contributed by atoms with Gasteiger partial charge in [-0.2, -0.15) is 0 Å². The number of benzene rings is 3. The first-order chi connectivity index (χ1) is 14.2. The highest BCUT2D eigenvalue weighted by Gasteiger charge is 2.14. The Balaban J connectivity index is 1.61. The van der Waals surface area contributed by atoms with Gasteiger partial charge in [0.2, 0.25) is 0 Å². The van der Waals surface area contributed by atoms with Crippen LogP contribution >= 0.6 is 0 Å². The van der Waals surface area contributed by atoms with E-state index >= 15 is 0 Å². The first-order valence-electron chi connectivity index (χ1n) is 9.59. The SMILES string of the molecule is CCNC(=O)c1cccc(CNC(=O)c2cc3ccccc3c3cccnc23)c1. The zero-order valence-corrected chi connectivity index (χ0v) is 16.1. The Morgan fingerprint density at radius 2 is 1.69 bits per heavy atom. The summed E-state index contributed by atoms with van der Waals surface area (Å²) in [5, 5.41) is 8.76. The lowest BCUT2D eigenvalue weighted by Gasteiger charge is -2.11. The lowest BCUT2D eigenvalue weighted by molar-refractivity contribution is 0.0948. The number of aromatic nitrogens is 1. The molecule has 1 heterocycles. The molecule has 5 nitrogen and oxygen atoms in total. The number of hydrogen-bond donors (Lipinski definition) is 2. The molecule has 0 unspecified atom stereocenters. The third-order valence-electron chi connectivity index (χ3n) is 4.84. The van der Waals surface area contributed by atoms with Crippen molar-refractivity contribution < 1.29 is 9.59 Å². The fraction of sp³-hybridized carbons (Fsp3) is 0.125. The van der Waals surface area contributed by atoms with Crippen LogP contribution in [-0.4, -0.2) is 23.3 Å². The summed E-state index contributed by atoms with van der Waals surface area (Å²) in [7, 11) is 0. The molecule has 0 saturated heterocycles. The molecular weight excluding hydrogens is 362 g/mol. The Morgan fingerprint density at radius 3 is 2.55 bits per heavy atom. The van der Waals surface area contributed by atoms with E-state index in [0.29, 0.717) is 29.7 Å². The van der Waals surface area contributed by atoms with Gasteiger partial charge >= 0.3 is 0 Å². The summed E-state index contributed by atoms with van der Waals surface area (Å²) in [6.07, 6.45) is 1.70. The molecule has 2 N–H and O–H groups in total. The molecule has 0 aliphatic rings. The summed E-state index contributed by atoms with van der Waals surface area (Å²) in [4.78, 5) is 29.4. The predicted molar refractivity (Wildman–Crippen MR) is 115 cm³/mol. The predicted octanol–water partition coefficient (Wildman–Crippen LogP) is 4.07. The second-order valence-corrected chi connectivity index (χ2v) is 6.79. The topological polar surface area (TPSA) is 71.1 Å². The third kappa shape index (κ3) is 3.80. The maximum atomic E-state index is 13.0. The normalized spacial score (nSPS) is 10.8. The van der Waals surface area contributed by atoms with Gasteiger partial charge in [0.15, 0.2) is 0 Å². The Labute approximate surface area is 168 Å². The molecule has 4 aromatic rings. The van der Waals surface area contributed by atoms with Crippen molar-refractivity contribution in [2.75, 3.05) is 6.54 Å². The van der Waals surface area contributed by atoms with E-state index in [0.717, 1.165) is 21.7 Å². The van der Waals surface area contributed by atoms with Crippen LogP contribution in [0.15, 0.2) is 72.9 Å². The van der Waals surface area contributed by atoms with Gasteiger partial charge in [-0.3, -0.25) is 14.6 Å². The zero-order chi connectivity index (χ0) is 20.2. The number of nitrogens with one attached hydrogen (secondary N) is 2. The molecule has 4 rings (SSSR count). The number of nitrogens with zero attached hydrogens (tertiary/aromatic N) is 1. The van der Waals surface area contributed by atoms with Gasteiger partial charge in [-0.15, -0.1) is 0 Å². The van der Waals surface area contributed by atoms with E-state index in [1.165, 1.54) is 0 Å². The fourth-order valence-electron chi connectivity index (χ4n) is 3.47. The van der Waals surface area contributed by atoms with E-state index in [1.807, 2.05) is 61.5 Å². The van der Waals surface area contributed by atoms with Gasteiger partial charge in [-0.05, 0) is 47.5 Å². The Hall–Kier alpha value is -3.73. The van der Waals surface area contributed by atoms with Gasteiger partial charge < -0.3 is 10.6 Å². The van der Waals surface area contributed by atoms with Crippen molar-refractivity contribution in [2.45, 2.75) is 13.5 Å². The van der Waals surface area contributed by atoms with Gasteiger partial charge in [-0.25, -0.2) is 0 Å². The minimum atomic E-state index is -0.192. The first-order valence-corrected chi connectivity index (χ1v) is 9.59. The summed E-state index contributed by atoms with van der Waals surface area (Å²) >= 11 is 0. The van der Waals surface area contributed by atoms with E-state index < -0.39 is 0 Å². The number of carbonyl (C=O) groups excluding carboxylic acids is 2. The molecular formula is C24H21N3O2. The molecule has 144 valence electrons. The molecule has 29 heavy (non-hydrogen) atoms. The molecule has 0 aliphatic heterocycles. The highest BCUT2D eigenvalue weighted by molar-refractivity contribution is 6.15. The number of amides is 2. The van der Waals surface area contributed by atoms with Crippen molar-refractivity contribution in [2.24, 2.45) is 0 Å². The maximum absolute atomic E-state index is 13.0. The van der Waals surface area contributed by atoms with Crippen LogP contribution in [0.1, 0.15) is 33.2 Å². The highest BCUT2D eigenvalue weighted by atomic mass is 16.2. The van der Waals surface area contributed by atoms with Crippen LogP contribution in [0.4, 0.5) is 0 Å². The molecule has 0 spiro atoms. The summed E-state index contributed by atoms with van der Waals surface area (Å²) in [5.41, 5.74) is 2.66. The van der Waals surface area contributed by atoms with Gasteiger partial charge in [0.25, 0.3) is 11.8 Å². The van der Waals surface area contributed by atoms with E-state index in [4.69, 9.17) is 0 Å². The number of pyridine rings is 1. The van der Waals surface area contributed by atoms with Crippen LogP contribution < -0.4 is 10.6 Å². The van der Waals surface area contributed by atoms with Crippen LogP contribution in [0.5, 0.6) is 0 Å². The van der Waals surface area contributed by atoms with Crippen LogP contribution in [0.25, 0.3) is 21.7 Å². The lowest BCUT2D eigenvalue weighted by atomic mass is 10.0. The molecule has 2 amide bonds. The Morgan fingerprint density at radius 1 is 0.862 bits per heavy atom. The van der Waals surface area contributed by atoms with Gasteiger partial charge in [0, 0.05) is 30.2 Å². The molecule has 0 fully saturated rings. The lowest BCUT2D eigenvalue weighted by Crippen LogP contribution is -2.24. The molecule has 0 bridgehead atoms. The van der Waals surface area contributed by atoms with Crippen molar-refractivity contribution in [3.8, 4) is 0 Å². The highest BCUT2D eigenvalue weighted by Crippen LogP contribution is 2.27. The summed E-state index contributed by atoms with van der Waals surface area (Å²) in [6, 6.07) is 21.0. The number of fused-ring (bicyclic) bond motifs is 3. The van der Waals surface area contributed by atoms with Gasteiger partial charge in [0.1, 0.15) is 0 Å². The first kappa shape index (κ1) is 18.6. The Bertz CT molecular complexity index is 1220. The van der Waals surface area contributed by atoms with Crippen molar-refractivity contribution in [1.82, 2.24) is 15.6 Å². The van der Waals surface area contributed by atoms with E-state index in [2.05, 4.69) is 15.6 Å². The van der Waals surface area contributed by atoms with Crippen molar-refractivity contribution in [3.63, 3.8) is 0 Å². The van der Waals surface area contributed by atoms with E-state index in [9.17, 15) is 9.59 Å². The quantitative estimate of drug-likeness (QED) is 0.511. The molecule has 3 aromatic carbocycles. The summed E-state index contributed by atoms with van der Waals surface area (Å²) in [6.45, 7) is 2.78. The van der Waals surface area contributed by atoms with Gasteiger partial charge in [-0.1, -0.05) is 42.5 Å². The molecule has 0 saturated carbocycles. The van der Waals surface area contributed by atoms with E-state index in [1.54, 1.807) is 18.3 Å². The monoisotopic (exact) mass is 383 g/mol. The number of rotatable bonds is 5. The van der Waals surface area contributed by atoms with Crippen LogP contribution in [0.2, 0.25) is 0 Å². The largest absolute Gasteiger partial charge is 0.352 e. The van der Waals surface area contributed by atoms with Crippen LogP contribution in [0, 0.1) is 0 Å². The standard InChI is InChI=1S/C24H21N3O2/c1-2-25-23(28)18-9-5-7-16(13-18)15-27-24(29)21-14-17-8-3-4-10-19(17)20-11-6-12-26-22(20)21/h3-14H,2,15H2,1H3,(H,25,28)(H,27,29). The number of hydrogen-bond acceptors (Lipinski definition) is 3. The van der Waals surface area contributed by atoms with Crippen molar-refractivity contribution in [1.29, 1.82) is 0 Å². The minimum absolute atomic E-state index is 0.120. The minimum Gasteiger partial charge on any atom is -0.352 e. The average molecular weight is 383 g/mol. The van der Waals surface area contributed by atoms with Crippen molar-refractivity contribution in [3.05, 3.63) is 89.6 Å². The van der Waals surface area contributed by atoms with Crippen LogP contribution in [0.3, 0.4) is 0 Å². The van der Waals surface area contributed by atoms with Crippen LogP contribution in [-0.2, 0) is 6.54 Å². The average Bonchev–Trinajstić information content (AvgIpc) is 2.77. The molecule has 0 atom stereocenters. The maximum Gasteiger partial charge on any atom is 0.253 e. The second-order valence-electron chi connectivity index (χ2n) is 6.79. The van der Waals surface area contributed by atoms with E-state index in [-0.39, 0.29) is 11.8 Å². The number of carbonyl (C=O) groups is 2. The molecule has 0 radical (unpaired) electrons. The zero-order valence-electron chi connectivity index (χ0n) is 16.1. The summed E-state index contributed by atoms with van der Waals surface area (Å²) < 4.78 is 0.